The maximum absolute atomic E-state index is 12.7. The maximum atomic E-state index is 12.7. The Morgan fingerprint density at radius 3 is 2.29 bits per heavy atom. The van der Waals surface area contributed by atoms with Crippen LogP contribution in [-0.4, -0.2) is 36.1 Å². The third kappa shape index (κ3) is 5.29. The molecule has 0 spiro atoms. The third-order valence-corrected chi connectivity index (χ3v) is 5.50. The number of benzene rings is 2. The van der Waals surface area contributed by atoms with E-state index in [-0.39, 0.29) is 5.70 Å². The first-order valence-corrected chi connectivity index (χ1v) is 10.1. The van der Waals surface area contributed by atoms with E-state index in [1.165, 1.54) is 14.2 Å². The van der Waals surface area contributed by atoms with E-state index < -0.39 is 22.7 Å². The van der Waals surface area contributed by atoms with Gasteiger partial charge in [-0.2, -0.15) is 0 Å². The second kappa shape index (κ2) is 10.4. The van der Waals surface area contributed by atoms with Crippen LogP contribution in [0.15, 0.2) is 65.2 Å². The molecule has 6 nitrogen and oxygen atoms in total. The molecular formula is C21H23NO5S. The minimum absolute atomic E-state index is 0.0611. The van der Waals surface area contributed by atoms with Gasteiger partial charge in [-0.25, -0.2) is 9.59 Å². The zero-order valence-electron chi connectivity index (χ0n) is 16.1. The first-order valence-electron chi connectivity index (χ1n) is 8.73. The Bertz CT molecular complexity index is 907. The average Bonchev–Trinajstić information content (AvgIpc) is 2.73. The molecule has 1 atom stereocenters. The molecule has 0 bridgehead atoms. The van der Waals surface area contributed by atoms with Gasteiger partial charge < -0.3 is 14.8 Å². The van der Waals surface area contributed by atoms with Crippen molar-refractivity contribution in [3.63, 3.8) is 0 Å². The summed E-state index contributed by atoms with van der Waals surface area (Å²) in [5.41, 5.74) is 2.06. The summed E-state index contributed by atoms with van der Waals surface area (Å²) >= 11 is 0. The van der Waals surface area contributed by atoms with E-state index in [0.717, 1.165) is 28.5 Å². The molecule has 0 heterocycles. The number of methoxy groups -OCH3 is 2. The van der Waals surface area contributed by atoms with Crippen molar-refractivity contribution in [2.45, 2.75) is 18.2 Å². The first-order chi connectivity index (χ1) is 13.5. The molecule has 0 amide bonds. The summed E-state index contributed by atoms with van der Waals surface area (Å²) < 4.78 is 22.0. The summed E-state index contributed by atoms with van der Waals surface area (Å²) in [6.07, 6.45) is 1.83. The molecule has 7 heteroatoms. The van der Waals surface area contributed by atoms with Gasteiger partial charge in [0.15, 0.2) is 0 Å². The van der Waals surface area contributed by atoms with Gasteiger partial charge in [-0.15, -0.1) is 0 Å². The van der Waals surface area contributed by atoms with Gasteiger partial charge in [0.05, 0.1) is 31.1 Å². The quantitative estimate of drug-likeness (QED) is 0.538. The van der Waals surface area contributed by atoms with Gasteiger partial charge in [-0.1, -0.05) is 43.3 Å². The molecule has 28 heavy (non-hydrogen) atoms. The van der Waals surface area contributed by atoms with E-state index in [9.17, 15) is 13.8 Å². The normalized spacial score (nSPS) is 12.2. The van der Waals surface area contributed by atoms with Crippen LogP contribution in [0.3, 0.4) is 0 Å². The van der Waals surface area contributed by atoms with Gasteiger partial charge in [0.25, 0.3) is 0 Å². The number of hydrogen-bond acceptors (Lipinski definition) is 6. The number of esters is 2. The molecule has 1 unspecified atom stereocenters. The van der Waals surface area contributed by atoms with Crippen molar-refractivity contribution in [3.8, 4) is 11.1 Å². The zero-order valence-corrected chi connectivity index (χ0v) is 16.9. The first kappa shape index (κ1) is 21.4. The van der Waals surface area contributed by atoms with Crippen LogP contribution in [0.2, 0.25) is 0 Å². The van der Waals surface area contributed by atoms with Crippen molar-refractivity contribution in [2.24, 2.45) is 0 Å². The Labute approximate surface area is 167 Å². The monoisotopic (exact) mass is 401 g/mol. The van der Waals surface area contributed by atoms with Gasteiger partial charge in [0.2, 0.25) is 0 Å². The fourth-order valence-corrected chi connectivity index (χ4v) is 3.83. The number of para-hydroxylation sites is 1. The van der Waals surface area contributed by atoms with Crippen molar-refractivity contribution < 1.29 is 23.3 Å². The van der Waals surface area contributed by atoms with Crippen LogP contribution >= 0.6 is 0 Å². The van der Waals surface area contributed by atoms with E-state index in [2.05, 4.69) is 10.1 Å². The average molecular weight is 401 g/mol. The molecule has 0 aliphatic carbocycles. The Morgan fingerprint density at radius 1 is 1.00 bits per heavy atom. The predicted octanol–water partition coefficient (Wildman–Crippen LogP) is 3.51. The lowest BCUT2D eigenvalue weighted by Crippen LogP contribution is -2.16. The predicted molar refractivity (Wildman–Crippen MR) is 109 cm³/mol. The highest BCUT2D eigenvalue weighted by molar-refractivity contribution is 7.85. The largest absolute Gasteiger partial charge is 0.466 e. The van der Waals surface area contributed by atoms with Crippen molar-refractivity contribution in [1.82, 2.24) is 0 Å². The Balaban J connectivity index is 2.52. The highest BCUT2D eigenvalue weighted by atomic mass is 32.2. The van der Waals surface area contributed by atoms with Crippen molar-refractivity contribution in [2.75, 3.05) is 25.3 Å². The number of carbonyl (C=O) groups is 2. The van der Waals surface area contributed by atoms with E-state index in [4.69, 9.17) is 4.74 Å². The van der Waals surface area contributed by atoms with Gasteiger partial charge in [-0.3, -0.25) is 4.21 Å². The summed E-state index contributed by atoms with van der Waals surface area (Å²) in [6.45, 7) is 1.98. The fraction of sp³-hybridized carbons (Fsp3) is 0.238. The Kier molecular flexibility index (Phi) is 7.95. The SMILES string of the molecule is CCCS(=O)c1ccccc1-c1ccccc1N/C(=C/C(=O)OC)C(=O)OC. The standard InChI is InChI=1S/C21H23NO5S/c1-4-13-28(25)19-12-8-6-10-16(19)15-9-5-7-11-17(15)22-18(21(24)27-3)14-20(23)26-2/h5-12,14,22H,4,13H2,1-3H3/b18-14+. The molecule has 148 valence electrons. The topological polar surface area (TPSA) is 81.7 Å². The van der Waals surface area contributed by atoms with E-state index in [0.29, 0.717) is 11.4 Å². The minimum atomic E-state index is -1.15. The van der Waals surface area contributed by atoms with Crippen molar-refractivity contribution in [3.05, 3.63) is 60.3 Å². The molecule has 0 radical (unpaired) electrons. The van der Waals surface area contributed by atoms with E-state index in [1.54, 1.807) is 12.1 Å². The van der Waals surface area contributed by atoms with E-state index in [1.807, 2.05) is 43.3 Å². The molecule has 0 saturated carbocycles. The lowest BCUT2D eigenvalue weighted by Gasteiger charge is -2.16. The molecular weight excluding hydrogens is 378 g/mol. The Hall–Kier alpha value is -2.93. The molecule has 0 saturated heterocycles. The number of hydrogen-bond donors (Lipinski definition) is 1. The van der Waals surface area contributed by atoms with Gasteiger partial charge >= 0.3 is 11.9 Å². The van der Waals surface area contributed by atoms with Crippen LogP contribution < -0.4 is 5.32 Å². The van der Waals surface area contributed by atoms with Crippen LogP contribution in [0.25, 0.3) is 11.1 Å². The second-order valence-electron chi connectivity index (χ2n) is 5.79. The highest BCUT2D eigenvalue weighted by Gasteiger charge is 2.17. The van der Waals surface area contributed by atoms with Gasteiger partial charge in [0.1, 0.15) is 5.70 Å². The maximum Gasteiger partial charge on any atom is 0.354 e. The summed E-state index contributed by atoms with van der Waals surface area (Å²) in [4.78, 5) is 24.4. The second-order valence-corrected chi connectivity index (χ2v) is 7.33. The fourth-order valence-electron chi connectivity index (χ4n) is 2.59. The summed E-state index contributed by atoms with van der Waals surface area (Å²) in [5, 5.41) is 2.95. The molecule has 2 aromatic rings. The lowest BCUT2D eigenvalue weighted by molar-refractivity contribution is -0.138. The zero-order chi connectivity index (χ0) is 20.5. The van der Waals surface area contributed by atoms with Crippen molar-refractivity contribution >= 4 is 28.4 Å². The molecule has 1 N–H and O–H groups in total. The van der Waals surface area contributed by atoms with Crippen LogP contribution in [0.4, 0.5) is 5.69 Å². The molecule has 0 aromatic heterocycles. The third-order valence-electron chi connectivity index (χ3n) is 3.88. The van der Waals surface area contributed by atoms with Crippen LogP contribution in [0.1, 0.15) is 13.3 Å². The smallest absolute Gasteiger partial charge is 0.354 e. The number of rotatable bonds is 8. The summed E-state index contributed by atoms with van der Waals surface area (Å²) in [5.74, 6) is -0.833. The minimum Gasteiger partial charge on any atom is -0.466 e. The van der Waals surface area contributed by atoms with Gasteiger partial charge in [0, 0.05) is 21.9 Å². The summed E-state index contributed by atoms with van der Waals surface area (Å²) in [6, 6.07) is 14.7. The number of nitrogens with one attached hydrogen (secondary N) is 1. The molecule has 2 aromatic carbocycles. The van der Waals surface area contributed by atoms with Crippen molar-refractivity contribution in [1.29, 1.82) is 0 Å². The molecule has 0 aliphatic heterocycles. The number of carbonyl (C=O) groups excluding carboxylic acids is 2. The molecule has 0 aliphatic rings. The Morgan fingerprint density at radius 2 is 1.64 bits per heavy atom. The van der Waals surface area contributed by atoms with E-state index >= 15 is 0 Å². The van der Waals surface area contributed by atoms with Crippen LogP contribution in [0, 0.1) is 0 Å². The summed E-state index contributed by atoms with van der Waals surface area (Å²) in [7, 11) is 1.30. The van der Waals surface area contributed by atoms with Gasteiger partial charge in [-0.05, 0) is 24.1 Å². The number of anilines is 1. The van der Waals surface area contributed by atoms with Crippen LogP contribution in [-0.2, 0) is 29.9 Å². The molecule has 2 rings (SSSR count). The van der Waals surface area contributed by atoms with Crippen LogP contribution in [0.5, 0.6) is 0 Å². The lowest BCUT2D eigenvalue weighted by atomic mass is 10.0. The molecule has 0 fully saturated rings. The highest BCUT2D eigenvalue weighted by Crippen LogP contribution is 2.33. The number of ether oxygens (including phenoxy) is 2.